The van der Waals surface area contributed by atoms with E-state index in [0.717, 1.165) is 24.9 Å². The number of nitrogens with zero attached hydrogens (tertiary/aromatic N) is 3. The minimum Gasteiger partial charge on any atom is -0.356 e. The summed E-state index contributed by atoms with van der Waals surface area (Å²) < 4.78 is 1.72. The van der Waals surface area contributed by atoms with Gasteiger partial charge in [-0.3, -0.25) is 9.59 Å². The first-order chi connectivity index (χ1) is 10.7. The van der Waals surface area contributed by atoms with Crippen LogP contribution in [0.3, 0.4) is 0 Å². The molecule has 2 aliphatic heterocycles. The Morgan fingerprint density at radius 3 is 2.82 bits per heavy atom. The molecule has 0 atom stereocenters. The first-order valence-electron chi connectivity index (χ1n) is 7.65. The number of likely N-dealkylation sites (tertiary alicyclic amines) is 1. The summed E-state index contributed by atoms with van der Waals surface area (Å²) in [6, 6.07) is 5.71. The Hall–Kier alpha value is -2.37. The van der Waals surface area contributed by atoms with Crippen LogP contribution in [0.25, 0.3) is 5.52 Å². The smallest absolute Gasteiger partial charge is 0.257 e. The van der Waals surface area contributed by atoms with Crippen LogP contribution in [0.5, 0.6) is 0 Å². The zero-order valence-corrected chi connectivity index (χ0v) is 12.3. The molecule has 22 heavy (non-hydrogen) atoms. The summed E-state index contributed by atoms with van der Waals surface area (Å²) in [6.07, 6.45) is 5.86. The van der Waals surface area contributed by atoms with Crippen LogP contribution in [-0.4, -0.2) is 46.0 Å². The number of rotatable bonds is 1. The highest BCUT2D eigenvalue weighted by Gasteiger charge is 2.41. The predicted molar refractivity (Wildman–Crippen MR) is 80.4 cm³/mol. The molecule has 4 heterocycles. The summed E-state index contributed by atoms with van der Waals surface area (Å²) in [7, 11) is 0. The molecule has 0 aromatic carbocycles. The number of hydrogen-bond acceptors (Lipinski definition) is 3. The maximum atomic E-state index is 12.7. The van der Waals surface area contributed by atoms with Gasteiger partial charge in [0.25, 0.3) is 5.91 Å². The number of carbonyl (C=O) groups is 2. The van der Waals surface area contributed by atoms with E-state index in [4.69, 9.17) is 0 Å². The molecule has 2 aromatic rings. The van der Waals surface area contributed by atoms with Crippen LogP contribution in [0.1, 0.15) is 29.6 Å². The van der Waals surface area contributed by atoms with Crippen molar-refractivity contribution in [2.24, 2.45) is 5.41 Å². The Kier molecular flexibility index (Phi) is 2.92. The van der Waals surface area contributed by atoms with Crippen molar-refractivity contribution in [1.82, 2.24) is 19.8 Å². The first-order valence-corrected chi connectivity index (χ1v) is 7.65. The second-order valence-electron chi connectivity index (χ2n) is 6.33. The van der Waals surface area contributed by atoms with Crippen LogP contribution in [-0.2, 0) is 4.79 Å². The highest BCUT2D eigenvalue weighted by molar-refractivity contribution is 6.00. The molecule has 2 fully saturated rings. The van der Waals surface area contributed by atoms with Crippen molar-refractivity contribution in [1.29, 1.82) is 0 Å². The fourth-order valence-electron chi connectivity index (χ4n) is 3.56. The largest absolute Gasteiger partial charge is 0.356 e. The summed E-state index contributed by atoms with van der Waals surface area (Å²) in [4.78, 5) is 26.1. The molecule has 2 aliphatic rings. The minimum absolute atomic E-state index is 0.0355. The fraction of sp³-hybridized carbons (Fsp3) is 0.438. The van der Waals surface area contributed by atoms with Gasteiger partial charge in [-0.2, -0.15) is 5.10 Å². The van der Waals surface area contributed by atoms with Crippen LogP contribution in [0, 0.1) is 5.41 Å². The number of pyridine rings is 1. The van der Waals surface area contributed by atoms with Crippen molar-refractivity contribution in [2.75, 3.05) is 19.6 Å². The number of nitrogens with one attached hydrogen (secondary N) is 1. The Labute approximate surface area is 128 Å². The maximum Gasteiger partial charge on any atom is 0.257 e. The van der Waals surface area contributed by atoms with E-state index in [1.54, 1.807) is 10.7 Å². The van der Waals surface area contributed by atoms with E-state index in [2.05, 4.69) is 10.4 Å². The molecular weight excluding hydrogens is 280 g/mol. The molecule has 0 bridgehead atoms. The van der Waals surface area contributed by atoms with Crippen LogP contribution in [0.15, 0.2) is 30.6 Å². The highest BCUT2D eigenvalue weighted by atomic mass is 16.2. The molecule has 2 saturated heterocycles. The van der Waals surface area contributed by atoms with Gasteiger partial charge in [0, 0.05) is 32.3 Å². The van der Waals surface area contributed by atoms with Gasteiger partial charge in [-0.05, 0) is 30.4 Å². The average Bonchev–Trinajstić information content (AvgIpc) is 3.12. The van der Waals surface area contributed by atoms with E-state index in [1.807, 2.05) is 29.3 Å². The van der Waals surface area contributed by atoms with Crippen LogP contribution < -0.4 is 5.32 Å². The van der Waals surface area contributed by atoms with E-state index < -0.39 is 0 Å². The van der Waals surface area contributed by atoms with Crippen LogP contribution in [0.4, 0.5) is 0 Å². The molecule has 0 aliphatic carbocycles. The van der Waals surface area contributed by atoms with Gasteiger partial charge in [-0.15, -0.1) is 0 Å². The topological polar surface area (TPSA) is 66.7 Å². The quantitative estimate of drug-likeness (QED) is 0.856. The van der Waals surface area contributed by atoms with Gasteiger partial charge < -0.3 is 10.2 Å². The lowest BCUT2D eigenvalue weighted by atomic mass is 9.77. The van der Waals surface area contributed by atoms with Crippen molar-refractivity contribution >= 4 is 17.3 Å². The molecule has 6 heteroatoms. The van der Waals surface area contributed by atoms with Gasteiger partial charge >= 0.3 is 0 Å². The number of hydrogen-bond donors (Lipinski definition) is 1. The zero-order valence-electron chi connectivity index (χ0n) is 12.3. The molecule has 6 nitrogen and oxygen atoms in total. The van der Waals surface area contributed by atoms with Crippen molar-refractivity contribution in [3.05, 3.63) is 36.2 Å². The van der Waals surface area contributed by atoms with Crippen LogP contribution in [0.2, 0.25) is 0 Å². The zero-order chi connectivity index (χ0) is 15.2. The Balaban J connectivity index is 1.52. The van der Waals surface area contributed by atoms with Crippen molar-refractivity contribution in [2.45, 2.75) is 19.3 Å². The summed E-state index contributed by atoms with van der Waals surface area (Å²) >= 11 is 0. The molecule has 2 aromatic heterocycles. The summed E-state index contributed by atoms with van der Waals surface area (Å²) in [5.74, 6) is 0.177. The standard InChI is InChI=1S/C16H18N4O2/c21-14-9-16(11-17-14)4-7-19(8-5-16)15(22)12-10-18-20-6-2-1-3-13(12)20/h1-3,6,10H,4-5,7-9,11H2,(H,17,21). The SMILES string of the molecule is O=C1CC2(CCN(C(=O)c3cnn4ccccc34)CC2)CN1. The second-order valence-corrected chi connectivity index (χ2v) is 6.33. The van der Waals surface area contributed by atoms with E-state index in [1.165, 1.54) is 0 Å². The third-order valence-corrected chi connectivity index (χ3v) is 4.96. The number of fused-ring (bicyclic) bond motifs is 1. The molecule has 0 radical (unpaired) electrons. The third kappa shape index (κ3) is 2.06. The van der Waals surface area contributed by atoms with Gasteiger partial charge in [0.15, 0.2) is 0 Å². The molecule has 114 valence electrons. The minimum atomic E-state index is 0.0355. The molecule has 1 spiro atoms. The monoisotopic (exact) mass is 298 g/mol. The fourth-order valence-corrected chi connectivity index (χ4v) is 3.56. The van der Waals surface area contributed by atoms with E-state index in [9.17, 15) is 9.59 Å². The van der Waals surface area contributed by atoms with Gasteiger partial charge in [-0.25, -0.2) is 4.52 Å². The number of carbonyl (C=O) groups excluding carboxylic acids is 2. The molecular formula is C16H18N4O2. The Bertz CT molecular complexity index is 743. The molecule has 4 rings (SSSR count). The summed E-state index contributed by atoms with van der Waals surface area (Å²) in [5.41, 5.74) is 1.55. The second kappa shape index (κ2) is 4.83. The van der Waals surface area contributed by atoms with Crippen molar-refractivity contribution < 1.29 is 9.59 Å². The lowest BCUT2D eigenvalue weighted by Crippen LogP contribution is -2.44. The van der Waals surface area contributed by atoms with Gasteiger partial charge in [0.05, 0.1) is 17.3 Å². The van der Waals surface area contributed by atoms with E-state index in [-0.39, 0.29) is 17.2 Å². The van der Waals surface area contributed by atoms with E-state index >= 15 is 0 Å². The highest BCUT2D eigenvalue weighted by Crippen LogP contribution is 2.37. The lowest BCUT2D eigenvalue weighted by Gasteiger charge is -2.38. The van der Waals surface area contributed by atoms with Gasteiger partial charge in [0.2, 0.25) is 5.91 Å². The van der Waals surface area contributed by atoms with E-state index in [0.29, 0.717) is 25.1 Å². The van der Waals surface area contributed by atoms with Gasteiger partial charge in [0.1, 0.15) is 0 Å². The summed E-state index contributed by atoms with van der Waals surface area (Å²) in [6.45, 7) is 2.17. The number of aromatic nitrogens is 2. The maximum absolute atomic E-state index is 12.7. The third-order valence-electron chi connectivity index (χ3n) is 4.96. The Morgan fingerprint density at radius 2 is 2.09 bits per heavy atom. The van der Waals surface area contributed by atoms with Crippen molar-refractivity contribution in [3.63, 3.8) is 0 Å². The molecule has 0 unspecified atom stereocenters. The number of amides is 2. The van der Waals surface area contributed by atoms with Gasteiger partial charge in [-0.1, -0.05) is 6.07 Å². The normalized spacial score (nSPS) is 20.5. The predicted octanol–water partition coefficient (Wildman–Crippen LogP) is 1.08. The number of piperidine rings is 1. The van der Waals surface area contributed by atoms with Crippen molar-refractivity contribution in [3.8, 4) is 0 Å². The summed E-state index contributed by atoms with van der Waals surface area (Å²) in [5, 5.41) is 7.15. The first kappa shape index (κ1) is 13.3. The lowest BCUT2D eigenvalue weighted by molar-refractivity contribution is -0.119. The molecule has 1 N–H and O–H groups in total. The van der Waals surface area contributed by atoms with Crippen LogP contribution >= 0.6 is 0 Å². The average molecular weight is 298 g/mol. The Morgan fingerprint density at radius 1 is 1.27 bits per heavy atom. The molecule has 0 saturated carbocycles. The molecule has 2 amide bonds.